The fourth-order valence-electron chi connectivity index (χ4n) is 2.20. The smallest absolute Gasteiger partial charge is 0.113 e. The van der Waals surface area contributed by atoms with Crippen LogP contribution in [0.1, 0.15) is 43.6 Å². The SMILES string of the molecule is O.O.[B]c1ccc(C2CCCCC2)cc1. The van der Waals surface area contributed by atoms with E-state index in [0.717, 1.165) is 11.4 Å². The Morgan fingerprint density at radius 3 is 1.93 bits per heavy atom. The van der Waals surface area contributed by atoms with Gasteiger partial charge in [-0.3, -0.25) is 0 Å². The van der Waals surface area contributed by atoms with Crippen molar-refractivity contribution < 1.29 is 11.0 Å². The average molecular weight is 206 g/mol. The second-order valence-corrected chi connectivity index (χ2v) is 4.00. The molecule has 2 nitrogen and oxygen atoms in total. The topological polar surface area (TPSA) is 63.0 Å². The van der Waals surface area contributed by atoms with Gasteiger partial charge in [-0.1, -0.05) is 49.0 Å². The van der Waals surface area contributed by atoms with Gasteiger partial charge in [0.1, 0.15) is 7.85 Å². The van der Waals surface area contributed by atoms with Crippen LogP contribution in [-0.2, 0) is 0 Å². The van der Waals surface area contributed by atoms with Crippen molar-refractivity contribution in [3.8, 4) is 0 Å². The molecule has 15 heavy (non-hydrogen) atoms. The Morgan fingerprint density at radius 1 is 0.867 bits per heavy atom. The molecule has 3 heteroatoms. The maximum Gasteiger partial charge on any atom is 0.113 e. The minimum absolute atomic E-state index is 0. The first-order chi connectivity index (χ1) is 6.36. The third-order valence-electron chi connectivity index (χ3n) is 3.01. The molecule has 0 heterocycles. The molecule has 0 aliphatic heterocycles. The highest BCUT2D eigenvalue weighted by Gasteiger charge is 2.14. The van der Waals surface area contributed by atoms with Gasteiger partial charge in [-0.05, 0) is 24.3 Å². The van der Waals surface area contributed by atoms with Gasteiger partial charge in [-0.25, -0.2) is 0 Å². The standard InChI is InChI=1S/C12H15B.2H2O/c13-12-8-6-11(7-9-12)10-4-2-1-3-5-10;;/h6-10H,1-5H2;2*1H2. The van der Waals surface area contributed by atoms with E-state index < -0.39 is 0 Å². The summed E-state index contributed by atoms with van der Waals surface area (Å²) < 4.78 is 0. The highest BCUT2D eigenvalue weighted by Crippen LogP contribution is 2.31. The second kappa shape index (κ2) is 6.65. The largest absolute Gasteiger partial charge is 0.412 e. The van der Waals surface area contributed by atoms with E-state index in [1.807, 2.05) is 12.1 Å². The minimum atomic E-state index is 0. The van der Waals surface area contributed by atoms with Gasteiger partial charge >= 0.3 is 0 Å². The molecule has 2 rings (SSSR count). The highest BCUT2D eigenvalue weighted by molar-refractivity contribution is 6.32. The van der Waals surface area contributed by atoms with Crippen LogP contribution >= 0.6 is 0 Å². The van der Waals surface area contributed by atoms with Crippen LogP contribution in [0.4, 0.5) is 0 Å². The predicted octanol–water partition coefficient (Wildman–Crippen LogP) is 0.879. The molecule has 1 aromatic carbocycles. The van der Waals surface area contributed by atoms with E-state index in [2.05, 4.69) is 12.1 Å². The Bertz CT molecular complexity index is 265. The molecule has 2 radical (unpaired) electrons. The summed E-state index contributed by atoms with van der Waals surface area (Å²) >= 11 is 0. The molecule has 1 aliphatic carbocycles. The molecule has 0 spiro atoms. The lowest BCUT2D eigenvalue weighted by atomic mass is 9.83. The Hall–Kier alpha value is -0.795. The molecule has 82 valence electrons. The van der Waals surface area contributed by atoms with Gasteiger partial charge in [0.15, 0.2) is 0 Å². The Morgan fingerprint density at radius 2 is 1.40 bits per heavy atom. The van der Waals surface area contributed by atoms with E-state index in [4.69, 9.17) is 7.85 Å². The van der Waals surface area contributed by atoms with Gasteiger partial charge in [0.05, 0.1) is 0 Å². The Balaban J connectivity index is 0.000000980. The van der Waals surface area contributed by atoms with Crippen LogP contribution < -0.4 is 5.46 Å². The van der Waals surface area contributed by atoms with Crippen LogP contribution in [0.2, 0.25) is 0 Å². The molecular formula is C12H19BO2. The number of hydrogen-bond acceptors (Lipinski definition) is 0. The van der Waals surface area contributed by atoms with Crippen LogP contribution in [-0.4, -0.2) is 18.8 Å². The van der Waals surface area contributed by atoms with Crippen LogP contribution in [0, 0.1) is 0 Å². The Labute approximate surface area is 92.7 Å². The summed E-state index contributed by atoms with van der Waals surface area (Å²) in [6.45, 7) is 0. The quantitative estimate of drug-likeness (QED) is 0.612. The van der Waals surface area contributed by atoms with Crippen LogP contribution in [0.25, 0.3) is 0 Å². The van der Waals surface area contributed by atoms with Crippen molar-refractivity contribution in [2.24, 2.45) is 0 Å². The molecule has 1 aromatic rings. The molecule has 1 saturated carbocycles. The predicted molar refractivity (Wildman–Crippen MR) is 64.9 cm³/mol. The maximum absolute atomic E-state index is 5.66. The zero-order valence-corrected chi connectivity index (χ0v) is 9.00. The molecule has 0 unspecified atom stereocenters. The zero-order valence-electron chi connectivity index (χ0n) is 9.00. The molecule has 0 aromatic heterocycles. The molecule has 1 fully saturated rings. The highest BCUT2D eigenvalue weighted by atomic mass is 16.0. The fourth-order valence-corrected chi connectivity index (χ4v) is 2.20. The first kappa shape index (κ1) is 14.2. The van der Waals surface area contributed by atoms with E-state index in [9.17, 15) is 0 Å². The second-order valence-electron chi connectivity index (χ2n) is 4.00. The molecule has 4 N–H and O–H groups in total. The number of benzene rings is 1. The fraction of sp³-hybridized carbons (Fsp3) is 0.500. The van der Waals surface area contributed by atoms with E-state index in [1.54, 1.807) is 0 Å². The van der Waals surface area contributed by atoms with Crippen LogP contribution in [0.15, 0.2) is 24.3 Å². The first-order valence-electron chi connectivity index (χ1n) is 5.22. The van der Waals surface area contributed by atoms with Gasteiger partial charge < -0.3 is 11.0 Å². The summed E-state index contributed by atoms with van der Waals surface area (Å²) in [5, 5.41) is 0. The van der Waals surface area contributed by atoms with Crippen molar-refractivity contribution in [3.05, 3.63) is 29.8 Å². The van der Waals surface area contributed by atoms with Gasteiger partial charge in [-0.2, -0.15) is 0 Å². The van der Waals surface area contributed by atoms with Crippen molar-refractivity contribution in [2.75, 3.05) is 0 Å². The van der Waals surface area contributed by atoms with Gasteiger partial charge in [-0.15, -0.1) is 0 Å². The zero-order chi connectivity index (χ0) is 9.10. The van der Waals surface area contributed by atoms with Crippen molar-refractivity contribution >= 4 is 13.3 Å². The normalized spacial score (nSPS) is 16.3. The summed E-state index contributed by atoms with van der Waals surface area (Å²) in [6, 6.07) is 8.41. The van der Waals surface area contributed by atoms with E-state index >= 15 is 0 Å². The van der Waals surface area contributed by atoms with Crippen molar-refractivity contribution in [3.63, 3.8) is 0 Å². The molecule has 1 aliphatic rings. The van der Waals surface area contributed by atoms with E-state index in [0.29, 0.717) is 0 Å². The third kappa shape index (κ3) is 3.69. The molecule has 0 saturated heterocycles. The van der Waals surface area contributed by atoms with Crippen molar-refractivity contribution in [1.82, 2.24) is 0 Å². The van der Waals surface area contributed by atoms with E-state index in [1.165, 1.54) is 37.7 Å². The van der Waals surface area contributed by atoms with Crippen molar-refractivity contribution in [2.45, 2.75) is 38.0 Å². The lowest BCUT2D eigenvalue weighted by Gasteiger charge is -2.21. The molecular weight excluding hydrogens is 187 g/mol. The molecule has 0 bridgehead atoms. The summed E-state index contributed by atoms with van der Waals surface area (Å²) in [5.74, 6) is 0.800. The summed E-state index contributed by atoms with van der Waals surface area (Å²) in [6.07, 6.45) is 6.95. The minimum Gasteiger partial charge on any atom is -0.412 e. The number of hydrogen-bond donors (Lipinski definition) is 0. The lowest BCUT2D eigenvalue weighted by Crippen LogP contribution is -2.07. The third-order valence-corrected chi connectivity index (χ3v) is 3.01. The molecule has 0 atom stereocenters. The first-order valence-corrected chi connectivity index (χ1v) is 5.22. The van der Waals surface area contributed by atoms with Gasteiger partial charge in [0.25, 0.3) is 0 Å². The monoisotopic (exact) mass is 206 g/mol. The van der Waals surface area contributed by atoms with Gasteiger partial charge in [0.2, 0.25) is 0 Å². The summed E-state index contributed by atoms with van der Waals surface area (Å²) in [5.41, 5.74) is 2.36. The van der Waals surface area contributed by atoms with Crippen molar-refractivity contribution in [1.29, 1.82) is 0 Å². The maximum atomic E-state index is 5.66. The van der Waals surface area contributed by atoms with Gasteiger partial charge in [0, 0.05) is 0 Å². The molecule has 0 amide bonds. The summed E-state index contributed by atoms with van der Waals surface area (Å²) in [7, 11) is 5.66. The average Bonchev–Trinajstić information content (AvgIpc) is 2.20. The summed E-state index contributed by atoms with van der Waals surface area (Å²) in [4.78, 5) is 0. The lowest BCUT2D eigenvalue weighted by molar-refractivity contribution is 0.443. The Kier molecular flexibility index (Phi) is 6.29. The van der Waals surface area contributed by atoms with E-state index in [-0.39, 0.29) is 11.0 Å². The van der Waals surface area contributed by atoms with Crippen LogP contribution in [0.5, 0.6) is 0 Å². The number of rotatable bonds is 1. The van der Waals surface area contributed by atoms with Crippen LogP contribution in [0.3, 0.4) is 0 Å².